The maximum atomic E-state index is 10.1. The van der Waals surface area contributed by atoms with Gasteiger partial charge in [-0.2, -0.15) is 0 Å². The Labute approximate surface area is 126 Å². The molecule has 0 unspecified atom stereocenters. The lowest BCUT2D eigenvalue weighted by molar-refractivity contribution is 0.0471. The maximum Gasteiger partial charge on any atom is 0.109 e. The summed E-state index contributed by atoms with van der Waals surface area (Å²) in [6.45, 7) is 0. The van der Waals surface area contributed by atoms with Gasteiger partial charge in [0.1, 0.15) is 12.2 Å². The van der Waals surface area contributed by atoms with Crippen molar-refractivity contribution in [2.75, 3.05) is 0 Å². The van der Waals surface area contributed by atoms with Crippen LogP contribution in [0, 0.1) is 0 Å². The van der Waals surface area contributed by atoms with Crippen LogP contribution in [0.5, 0.6) is 0 Å². The lowest BCUT2D eigenvalue weighted by Gasteiger charge is -2.23. The zero-order valence-corrected chi connectivity index (χ0v) is 11.9. The number of halogens is 1. The SMILES string of the molecule is O[C@@H]1C=Cc2c(ccc3c(Cl)c4ccccc4cc23)[C@H]1O. The monoisotopic (exact) mass is 296 g/mol. The van der Waals surface area contributed by atoms with Crippen LogP contribution in [0.3, 0.4) is 0 Å². The first-order chi connectivity index (χ1) is 10.2. The van der Waals surface area contributed by atoms with E-state index in [1.165, 1.54) is 0 Å². The van der Waals surface area contributed by atoms with Crippen molar-refractivity contribution in [2.45, 2.75) is 12.2 Å². The molecule has 0 spiro atoms. The second kappa shape index (κ2) is 4.57. The van der Waals surface area contributed by atoms with Crippen LogP contribution in [-0.2, 0) is 0 Å². The molecule has 1 aliphatic carbocycles. The minimum Gasteiger partial charge on any atom is -0.386 e. The molecule has 0 heterocycles. The largest absolute Gasteiger partial charge is 0.386 e. The van der Waals surface area contributed by atoms with E-state index in [1.807, 2.05) is 42.5 Å². The van der Waals surface area contributed by atoms with E-state index in [0.29, 0.717) is 0 Å². The molecule has 0 fully saturated rings. The number of hydrogen-bond donors (Lipinski definition) is 2. The number of hydrogen-bond acceptors (Lipinski definition) is 2. The highest BCUT2D eigenvalue weighted by Crippen LogP contribution is 2.39. The Balaban J connectivity index is 2.15. The summed E-state index contributed by atoms with van der Waals surface area (Å²) in [4.78, 5) is 0. The predicted octanol–water partition coefficient (Wildman–Crippen LogP) is 4.07. The van der Waals surface area contributed by atoms with Gasteiger partial charge in [0.25, 0.3) is 0 Å². The van der Waals surface area contributed by atoms with Crippen molar-refractivity contribution in [3.8, 4) is 0 Å². The van der Waals surface area contributed by atoms with Crippen molar-refractivity contribution < 1.29 is 10.2 Å². The molecule has 3 aromatic carbocycles. The van der Waals surface area contributed by atoms with Gasteiger partial charge in [-0.25, -0.2) is 0 Å². The Morgan fingerprint density at radius 1 is 0.905 bits per heavy atom. The van der Waals surface area contributed by atoms with Crippen LogP contribution in [0.15, 0.2) is 48.5 Å². The topological polar surface area (TPSA) is 40.5 Å². The summed E-state index contributed by atoms with van der Waals surface area (Å²) >= 11 is 6.55. The van der Waals surface area contributed by atoms with Gasteiger partial charge in [-0.15, -0.1) is 0 Å². The van der Waals surface area contributed by atoms with Gasteiger partial charge in [-0.1, -0.05) is 60.2 Å². The summed E-state index contributed by atoms with van der Waals surface area (Å²) in [7, 11) is 0. The van der Waals surface area contributed by atoms with Gasteiger partial charge < -0.3 is 10.2 Å². The van der Waals surface area contributed by atoms with Crippen molar-refractivity contribution in [2.24, 2.45) is 0 Å². The normalized spacial score (nSPS) is 20.9. The van der Waals surface area contributed by atoms with Crippen LogP contribution in [0.2, 0.25) is 5.02 Å². The number of rotatable bonds is 0. The average molecular weight is 297 g/mol. The van der Waals surface area contributed by atoms with Gasteiger partial charge in [0.15, 0.2) is 0 Å². The number of fused-ring (bicyclic) bond motifs is 4. The quantitative estimate of drug-likeness (QED) is 0.614. The van der Waals surface area contributed by atoms with E-state index in [-0.39, 0.29) is 0 Å². The molecule has 0 saturated carbocycles. The minimum absolute atomic E-state index is 0.722. The third kappa shape index (κ3) is 1.80. The summed E-state index contributed by atoms with van der Waals surface area (Å²) in [5.74, 6) is 0. The van der Waals surface area contributed by atoms with Crippen molar-refractivity contribution in [1.82, 2.24) is 0 Å². The summed E-state index contributed by atoms with van der Waals surface area (Å²) in [6, 6.07) is 13.8. The van der Waals surface area contributed by atoms with E-state index in [9.17, 15) is 10.2 Å². The maximum absolute atomic E-state index is 10.1. The second-order valence-corrected chi connectivity index (χ2v) is 5.75. The first-order valence-corrected chi connectivity index (χ1v) is 7.23. The Bertz CT molecular complexity index is 898. The number of benzene rings is 3. The standard InChI is InChI=1S/C18H13ClO2/c19-17-11-4-2-1-3-10(11)9-15-12-7-8-16(20)18(21)14(12)6-5-13(15)17/h1-9,16,18,20-21H/t16-,18-/m1/s1. The van der Waals surface area contributed by atoms with E-state index in [2.05, 4.69) is 6.07 Å². The molecular formula is C18H13ClO2. The Morgan fingerprint density at radius 3 is 2.57 bits per heavy atom. The van der Waals surface area contributed by atoms with Gasteiger partial charge in [-0.3, -0.25) is 0 Å². The molecule has 0 saturated heterocycles. The van der Waals surface area contributed by atoms with Crippen LogP contribution in [0.1, 0.15) is 17.2 Å². The molecule has 1 aliphatic rings. The predicted molar refractivity (Wildman–Crippen MR) is 86.5 cm³/mol. The van der Waals surface area contributed by atoms with Crippen molar-refractivity contribution in [3.05, 3.63) is 64.7 Å². The van der Waals surface area contributed by atoms with Gasteiger partial charge in [0.05, 0.1) is 5.02 Å². The number of aliphatic hydroxyl groups is 2. The van der Waals surface area contributed by atoms with E-state index < -0.39 is 12.2 Å². The third-order valence-electron chi connectivity index (χ3n) is 4.16. The molecule has 4 rings (SSSR count). The molecule has 104 valence electrons. The fraction of sp³-hybridized carbons (Fsp3) is 0.111. The Kier molecular flexibility index (Phi) is 2.79. The van der Waals surface area contributed by atoms with Crippen molar-refractivity contribution in [1.29, 1.82) is 0 Å². The molecular weight excluding hydrogens is 284 g/mol. The lowest BCUT2D eigenvalue weighted by atomic mass is 9.88. The zero-order valence-electron chi connectivity index (χ0n) is 11.1. The van der Waals surface area contributed by atoms with Crippen LogP contribution in [0.25, 0.3) is 27.6 Å². The van der Waals surface area contributed by atoms with Gasteiger partial charge in [-0.05, 0) is 28.0 Å². The Morgan fingerprint density at radius 2 is 1.71 bits per heavy atom. The number of aliphatic hydroxyl groups excluding tert-OH is 2. The highest BCUT2D eigenvalue weighted by Gasteiger charge is 2.24. The molecule has 0 radical (unpaired) electrons. The molecule has 21 heavy (non-hydrogen) atoms. The molecule has 0 amide bonds. The van der Waals surface area contributed by atoms with Crippen molar-refractivity contribution in [3.63, 3.8) is 0 Å². The molecule has 2 N–H and O–H groups in total. The summed E-state index contributed by atoms with van der Waals surface area (Å²) in [5, 5.41) is 24.7. The first kappa shape index (κ1) is 12.8. The molecule has 3 aromatic rings. The molecule has 0 aromatic heterocycles. The summed E-state index contributed by atoms with van der Waals surface area (Å²) in [5.41, 5.74) is 1.67. The zero-order chi connectivity index (χ0) is 14.6. The molecule has 3 heteroatoms. The van der Waals surface area contributed by atoms with Gasteiger partial charge in [0, 0.05) is 10.8 Å². The third-order valence-corrected chi connectivity index (χ3v) is 4.56. The van der Waals surface area contributed by atoms with Crippen molar-refractivity contribution >= 4 is 39.2 Å². The van der Waals surface area contributed by atoms with Crippen LogP contribution in [-0.4, -0.2) is 16.3 Å². The van der Waals surface area contributed by atoms with Crippen LogP contribution in [0.4, 0.5) is 0 Å². The fourth-order valence-electron chi connectivity index (χ4n) is 3.05. The fourth-order valence-corrected chi connectivity index (χ4v) is 3.39. The highest BCUT2D eigenvalue weighted by molar-refractivity contribution is 6.41. The lowest BCUT2D eigenvalue weighted by Crippen LogP contribution is -2.19. The highest BCUT2D eigenvalue weighted by atomic mass is 35.5. The molecule has 2 nitrogen and oxygen atoms in total. The van der Waals surface area contributed by atoms with Crippen LogP contribution < -0.4 is 0 Å². The second-order valence-electron chi connectivity index (χ2n) is 5.37. The van der Waals surface area contributed by atoms with E-state index in [4.69, 9.17) is 11.6 Å². The van der Waals surface area contributed by atoms with Gasteiger partial charge >= 0.3 is 0 Å². The minimum atomic E-state index is -0.889. The summed E-state index contributed by atoms with van der Waals surface area (Å²) < 4.78 is 0. The van der Waals surface area contributed by atoms with E-state index >= 15 is 0 Å². The van der Waals surface area contributed by atoms with Gasteiger partial charge in [0.2, 0.25) is 0 Å². The molecule has 0 aliphatic heterocycles. The van der Waals surface area contributed by atoms with E-state index in [1.54, 1.807) is 6.08 Å². The summed E-state index contributed by atoms with van der Waals surface area (Å²) in [6.07, 6.45) is 1.74. The Hall–Kier alpha value is -1.87. The first-order valence-electron chi connectivity index (χ1n) is 6.85. The van der Waals surface area contributed by atoms with Crippen LogP contribution >= 0.6 is 11.6 Å². The smallest absolute Gasteiger partial charge is 0.109 e. The molecule has 0 bridgehead atoms. The molecule has 2 atom stereocenters. The van der Waals surface area contributed by atoms with E-state index in [0.717, 1.165) is 37.7 Å². The average Bonchev–Trinajstić information content (AvgIpc) is 2.51.